The second kappa shape index (κ2) is 3.33. The van der Waals surface area contributed by atoms with Crippen molar-refractivity contribution in [1.29, 1.82) is 0 Å². The van der Waals surface area contributed by atoms with Gasteiger partial charge in [0.25, 0.3) is 0 Å². The number of methoxy groups -OCH3 is 1. The second-order valence-corrected chi connectivity index (χ2v) is 3.64. The molecule has 0 N–H and O–H groups in total. The molecule has 3 nitrogen and oxygen atoms in total. The van der Waals surface area contributed by atoms with Gasteiger partial charge in [-0.15, -0.1) is 11.3 Å². The summed E-state index contributed by atoms with van der Waals surface area (Å²) in [5.74, 6) is -0.0775. The maximum absolute atomic E-state index is 11.6. The third-order valence-electron chi connectivity index (χ3n) is 1.72. The number of hydrogen-bond donors (Lipinski definition) is 0. The summed E-state index contributed by atoms with van der Waals surface area (Å²) >= 11 is 1.41. The van der Waals surface area contributed by atoms with E-state index in [1.54, 1.807) is 24.7 Å². The zero-order valence-corrected chi connectivity index (χ0v) is 8.14. The minimum atomic E-state index is -0.770. The topological polar surface area (TPSA) is 39.2 Å². The molecule has 0 aromatic carbocycles. The number of rotatable bonds is 3. The third kappa shape index (κ3) is 1.70. The Morgan fingerprint density at radius 2 is 2.33 bits per heavy atom. The lowest BCUT2D eigenvalue weighted by Gasteiger charge is -2.19. The first kappa shape index (κ1) is 9.35. The summed E-state index contributed by atoms with van der Waals surface area (Å²) in [6.45, 7) is 3.46. The number of nitrogens with zero attached hydrogens (tertiary/aromatic N) is 1. The Morgan fingerprint density at radius 1 is 1.67 bits per heavy atom. The molecule has 1 aromatic rings. The standard InChI is InChI=1S/C8H11NO2S/c1-8(2,11-3)7(10)6-4-12-5-9-6/h4-5H,1-3H3. The van der Waals surface area contributed by atoms with Crippen molar-refractivity contribution in [2.24, 2.45) is 0 Å². The van der Waals surface area contributed by atoms with Gasteiger partial charge in [-0.25, -0.2) is 4.98 Å². The van der Waals surface area contributed by atoms with E-state index in [1.165, 1.54) is 18.4 Å². The van der Waals surface area contributed by atoms with E-state index in [4.69, 9.17) is 4.74 Å². The van der Waals surface area contributed by atoms with Crippen LogP contribution in [0, 0.1) is 0 Å². The average molecular weight is 185 g/mol. The van der Waals surface area contributed by atoms with Crippen molar-refractivity contribution in [3.8, 4) is 0 Å². The molecule has 1 rings (SSSR count). The molecule has 66 valence electrons. The summed E-state index contributed by atoms with van der Waals surface area (Å²) < 4.78 is 5.04. The van der Waals surface area contributed by atoms with Gasteiger partial charge in [0.15, 0.2) is 0 Å². The normalized spacial score (nSPS) is 11.6. The molecule has 0 aliphatic carbocycles. The smallest absolute Gasteiger partial charge is 0.213 e. The van der Waals surface area contributed by atoms with Crippen LogP contribution in [0.1, 0.15) is 24.3 Å². The predicted molar refractivity (Wildman–Crippen MR) is 47.5 cm³/mol. The molecule has 0 unspecified atom stereocenters. The van der Waals surface area contributed by atoms with Crippen molar-refractivity contribution < 1.29 is 9.53 Å². The molecule has 4 heteroatoms. The third-order valence-corrected chi connectivity index (χ3v) is 2.31. The van der Waals surface area contributed by atoms with Gasteiger partial charge in [-0.1, -0.05) is 0 Å². The Bertz CT molecular complexity index is 267. The van der Waals surface area contributed by atoms with Gasteiger partial charge in [0.2, 0.25) is 5.78 Å². The Hall–Kier alpha value is -0.740. The van der Waals surface area contributed by atoms with Crippen LogP contribution in [0.5, 0.6) is 0 Å². The van der Waals surface area contributed by atoms with Crippen molar-refractivity contribution in [1.82, 2.24) is 4.98 Å². The Labute approximate surface area is 75.4 Å². The number of Topliss-reactive ketones (excluding diaryl/α,β-unsaturated/α-hetero) is 1. The summed E-state index contributed by atoms with van der Waals surface area (Å²) in [6, 6.07) is 0. The molecule has 0 saturated heterocycles. The van der Waals surface area contributed by atoms with Crippen LogP contribution in [-0.4, -0.2) is 23.5 Å². The molecule has 0 aliphatic heterocycles. The molecule has 0 saturated carbocycles. The lowest BCUT2D eigenvalue weighted by atomic mass is 10.0. The highest BCUT2D eigenvalue weighted by atomic mass is 32.1. The second-order valence-electron chi connectivity index (χ2n) is 2.92. The van der Waals surface area contributed by atoms with Crippen LogP contribution >= 0.6 is 11.3 Å². The van der Waals surface area contributed by atoms with E-state index in [-0.39, 0.29) is 5.78 Å². The summed E-state index contributed by atoms with van der Waals surface area (Å²) in [5, 5.41) is 1.73. The highest BCUT2D eigenvalue weighted by Crippen LogP contribution is 2.15. The van der Waals surface area contributed by atoms with E-state index < -0.39 is 5.60 Å². The van der Waals surface area contributed by atoms with Crippen molar-refractivity contribution in [3.05, 3.63) is 16.6 Å². The van der Waals surface area contributed by atoms with E-state index in [9.17, 15) is 4.79 Å². The van der Waals surface area contributed by atoms with Gasteiger partial charge in [-0.2, -0.15) is 0 Å². The van der Waals surface area contributed by atoms with Crippen LogP contribution in [0.15, 0.2) is 10.9 Å². The molecule has 0 bridgehead atoms. The molecule has 0 amide bonds. The lowest BCUT2D eigenvalue weighted by molar-refractivity contribution is 0.0224. The van der Waals surface area contributed by atoms with Gasteiger partial charge in [-0.05, 0) is 13.8 Å². The fourth-order valence-electron chi connectivity index (χ4n) is 0.726. The fraction of sp³-hybridized carbons (Fsp3) is 0.500. The largest absolute Gasteiger partial charge is 0.371 e. The van der Waals surface area contributed by atoms with Crippen molar-refractivity contribution in [3.63, 3.8) is 0 Å². The molecular weight excluding hydrogens is 174 g/mol. The van der Waals surface area contributed by atoms with E-state index in [0.29, 0.717) is 5.69 Å². The number of carbonyl (C=O) groups excluding carboxylic acids is 1. The minimum Gasteiger partial charge on any atom is -0.371 e. The van der Waals surface area contributed by atoms with Crippen LogP contribution in [0.4, 0.5) is 0 Å². The van der Waals surface area contributed by atoms with Gasteiger partial charge >= 0.3 is 0 Å². The number of thiazole rings is 1. The van der Waals surface area contributed by atoms with Crippen molar-refractivity contribution >= 4 is 17.1 Å². The highest BCUT2D eigenvalue weighted by Gasteiger charge is 2.29. The van der Waals surface area contributed by atoms with Crippen LogP contribution in [0.2, 0.25) is 0 Å². The quantitative estimate of drug-likeness (QED) is 0.673. The molecule has 12 heavy (non-hydrogen) atoms. The summed E-state index contributed by atoms with van der Waals surface area (Å²) in [4.78, 5) is 15.5. The zero-order chi connectivity index (χ0) is 9.19. The molecule has 0 radical (unpaired) electrons. The first-order chi connectivity index (χ1) is 5.58. The SMILES string of the molecule is COC(C)(C)C(=O)c1cscn1. The molecule has 0 fully saturated rings. The predicted octanol–water partition coefficient (Wildman–Crippen LogP) is 1.75. The first-order valence-electron chi connectivity index (χ1n) is 3.56. The van der Waals surface area contributed by atoms with E-state index in [0.717, 1.165) is 0 Å². The van der Waals surface area contributed by atoms with Gasteiger partial charge in [-0.3, -0.25) is 4.79 Å². The number of carbonyl (C=O) groups is 1. The average Bonchev–Trinajstić information content (AvgIpc) is 2.55. The van der Waals surface area contributed by atoms with Gasteiger partial charge < -0.3 is 4.74 Å². The molecular formula is C8H11NO2S. The molecule has 0 spiro atoms. The number of aromatic nitrogens is 1. The van der Waals surface area contributed by atoms with E-state index in [2.05, 4.69) is 4.98 Å². The fourth-order valence-corrected chi connectivity index (χ4v) is 1.26. The highest BCUT2D eigenvalue weighted by molar-refractivity contribution is 7.07. The number of ether oxygens (including phenoxy) is 1. The summed E-state index contributed by atoms with van der Waals surface area (Å²) in [6.07, 6.45) is 0. The monoisotopic (exact) mass is 185 g/mol. The van der Waals surface area contributed by atoms with E-state index >= 15 is 0 Å². The summed E-state index contributed by atoms with van der Waals surface area (Å²) in [5.41, 5.74) is 1.35. The van der Waals surface area contributed by atoms with Gasteiger partial charge in [0.1, 0.15) is 11.3 Å². The minimum absolute atomic E-state index is 0.0775. The van der Waals surface area contributed by atoms with E-state index in [1.807, 2.05) is 0 Å². The maximum atomic E-state index is 11.6. The first-order valence-corrected chi connectivity index (χ1v) is 4.50. The van der Waals surface area contributed by atoms with Crippen LogP contribution in [-0.2, 0) is 4.74 Å². The molecule has 0 aliphatic rings. The van der Waals surface area contributed by atoms with Gasteiger partial charge in [0.05, 0.1) is 5.51 Å². The Kier molecular flexibility index (Phi) is 2.59. The number of hydrogen-bond acceptors (Lipinski definition) is 4. The molecule has 0 atom stereocenters. The number of ketones is 1. The van der Waals surface area contributed by atoms with Gasteiger partial charge in [0, 0.05) is 12.5 Å². The molecule has 1 heterocycles. The Morgan fingerprint density at radius 3 is 2.75 bits per heavy atom. The van der Waals surface area contributed by atoms with Crippen LogP contribution in [0.25, 0.3) is 0 Å². The zero-order valence-electron chi connectivity index (χ0n) is 7.33. The van der Waals surface area contributed by atoms with Crippen molar-refractivity contribution in [2.75, 3.05) is 7.11 Å². The summed E-state index contributed by atoms with van der Waals surface area (Å²) in [7, 11) is 1.52. The van der Waals surface area contributed by atoms with Crippen molar-refractivity contribution in [2.45, 2.75) is 19.4 Å². The maximum Gasteiger partial charge on any atom is 0.213 e. The Balaban J connectivity index is 2.86. The van der Waals surface area contributed by atoms with Crippen LogP contribution in [0.3, 0.4) is 0 Å². The van der Waals surface area contributed by atoms with Crippen LogP contribution < -0.4 is 0 Å². The lowest BCUT2D eigenvalue weighted by Crippen LogP contribution is -2.33. The molecule has 1 aromatic heterocycles.